The van der Waals surface area contributed by atoms with Gasteiger partial charge in [0.25, 0.3) is 5.91 Å². The molecule has 1 saturated heterocycles. The molecule has 0 spiro atoms. The van der Waals surface area contributed by atoms with Gasteiger partial charge in [0.05, 0.1) is 17.7 Å². The number of amides is 3. The fourth-order valence-corrected chi connectivity index (χ4v) is 2.02. The van der Waals surface area contributed by atoms with E-state index in [4.69, 9.17) is 16.3 Å². The fourth-order valence-electron chi connectivity index (χ4n) is 1.79. The molecule has 1 N–H and O–H groups in total. The Bertz CT molecular complexity index is 590. The summed E-state index contributed by atoms with van der Waals surface area (Å²) in [5.41, 5.74) is 0.278. The number of rotatable bonds is 4. The van der Waals surface area contributed by atoms with Crippen LogP contribution >= 0.6 is 11.6 Å². The average Bonchev–Trinajstić information content (AvgIpc) is 2.91. The summed E-state index contributed by atoms with van der Waals surface area (Å²) in [6.45, 7) is 0.430. The number of nitrogens with zero attached hydrogens (tertiary/aromatic N) is 1. The SMILES string of the molecule is COC(=O)c1ccc(OCC(=O)N2CCNC2=O)c(Cl)c1. The van der Waals surface area contributed by atoms with Gasteiger partial charge in [-0.25, -0.2) is 9.59 Å². The molecule has 0 bridgehead atoms. The second kappa shape index (κ2) is 6.45. The van der Waals surface area contributed by atoms with Crippen LogP contribution in [0.4, 0.5) is 4.79 Å². The van der Waals surface area contributed by atoms with Crippen LogP contribution < -0.4 is 10.1 Å². The number of imide groups is 1. The van der Waals surface area contributed by atoms with Crippen LogP contribution in [0.25, 0.3) is 0 Å². The van der Waals surface area contributed by atoms with Crippen LogP contribution in [-0.4, -0.2) is 49.6 Å². The Morgan fingerprint density at radius 1 is 1.43 bits per heavy atom. The number of carbonyl (C=O) groups excluding carboxylic acids is 3. The van der Waals surface area contributed by atoms with Crippen molar-refractivity contribution in [1.29, 1.82) is 0 Å². The van der Waals surface area contributed by atoms with Crippen molar-refractivity contribution in [3.63, 3.8) is 0 Å². The van der Waals surface area contributed by atoms with Crippen molar-refractivity contribution in [3.8, 4) is 5.75 Å². The van der Waals surface area contributed by atoms with Crippen molar-refractivity contribution in [2.45, 2.75) is 0 Å². The molecular formula is C13H13ClN2O5. The van der Waals surface area contributed by atoms with E-state index in [0.717, 1.165) is 4.90 Å². The second-order valence-electron chi connectivity index (χ2n) is 4.20. The summed E-state index contributed by atoms with van der Waals surface area (Å²) in [5.74, 6) is -0.733. The Morgan fingerprint density at radius 3 is 2.76 bits per heavy atom. The molecule has 0 aromatic heterocycles. The molecule has 1 aromatic carbocycles. The summed E-state index contributed by atoms with van der Waals surface area (Å²) in [6, 6.07) is 3.89. The van der Waals surface area contributed by atoms with Crippen LogP contribution in [0.3, 0.4) is 0 Å². The maximum atomic E-state index is 11.8. The number of ether oxygens (including phenoxy) is 2. The Labute approximate surface area is 125 Å². The zero-order valence-electron chi connectivity index (χ0n) is 11.2. The Hall–Kier alpha value is -2.28. The van der Waals surface area contributed by atoms with Crippen LogP contribution in [0.15, 0.2) is 18.2 Å². The highest BCUT2D eigenvalue weighted by atomic mass is 35.5. The predicted molar refractivity (Wildman–Crippen MR) is 73.4 cm³/mol. The van der Waals surface area contributed by atoms with Crippen LogP contribution in [0.1, 0.15) is 10.4 Å². The third-order valence-corrected chi connectivity index (χ3v) is 3.16. The number of halogens is 1. The first-order valence-electron chi connectivity index (χ1n) is 6.12. The predicted octanol–water partition coefficient (Wildman–Crippen LogP) is 1.06. The van der Waals surface area contributed by atoms with E-state index in [1.165, 1.54) is 25.3 Å². The highest BCUT2D eigenvalue weighted by Gasteiger charge is 2.26. The minimum Gasteiger partial charge on any atom is -0.482 e. The minimum absolute atomic E-state index is 0.177. The van der Waals surface area contributed by atoms with Gasteiger partial charge in [0, 0.05) is 13.1 Å². The van der Waals surface area contributed by atoms with Crippen molar-refractivity contribution in [3.05, 3.63) is 28.8 Å². The van der Waals surface area contributed by atoms with Gasteiger partial charge in [-0.15, -0.1) is 0 Å². The van der Waals surface area contributed by atoms with E-state index in [9.17, 15) is 14.4 Å². The molecule has 1 aliphatic heterocycles. The van der Waals surface area contributed by atoms with Gasteiger partial charge in [-0.1, -0.05) is 11.6 Å². The van der Waals surface area contributed by atoms with Gasteiger partial charge in [-0.05, 0) is 18.2 Å². The third kappa shape index (κ3) is 3.43. The molecule has 1 fully saturated rings. The van der Waals surface area contributed by atoms with E-state index in [2.05, 4.69) is 10.1 Å². The molecule has 112 valence electrons. The van der Waals surface area contributed by atoms with Gasteiger partial charge >= 0.3 is 12.0 Å². The van der Waals surface area contributed by atoms with E-state index in [1.54, 1.807) is 0 Å². The van der Waals surface area contributed by atoms with Gasteiger partial charge in [0.1, 0.15) is 5.75 Å². The number of hydrogen-bond acceptors (Lipinski definition) is 5. The summed E-state index contributed by atoms with van der Waals surface area (Å²) in [6.07, 6.45) is 0. The summed E-state index contributed by atoms with van der Waals surface area (Å²) >= 11 is 5.97. The number of benzene rings is 1. The zero-order chi connectivity index (χ0) is 15.4. The van der Waals surface area contributed by atoms with Crippen molar-refractivity contribution in [2.24, 2.45) is 0 Å². The monoisotopic (exact) mass is 312 g/mol. The molecule has 2 rings (SSSR count). The molecule has 8 heteroatoms. The largest absolute Gasteiger partial charge is 0.482 e. The van der Waals surface area contributed by atoms with Crippen molar-refractivity contribution in [1.82, 2.24) is 10.2 Å². The molecule has 3 amide bonds. The molecule has 0 aliphatic carbocycles. The van der Waals surface area contributed by atoms with Crippen LogP contribution in [0.5, 0.6) is 5.75 Å². The first-order chi connectivity index (χ1) is 10.0. The summed E-state index contributed by atoms with van der Waals surface area (Å²) in [7, 11) is 1.26. The minimum atomic E-state index is -0.520. The number of hydrogen-bond donors (Lipinski definition) is 1. The van der Waals surface area contributed by atoms with E-state index in [0.29, 0.717) is 13.1 Å². The third-order valence-electron chi connectivity index (χ3n) is 2.86. The summed E-state index contributed by atoms with van der Waals surface area (Å²) < 4.78 is 9.84. The number of methoxy groups -OCH3 is 1. The fraction of sp³-hybridized carbons (Fsp3) is 0.308. The molecule has 1 heterocycles. The molecule has 21 heavy (non-hydrogen) atoms. The number of carbonyl (C=O) groups is 3. The molecule has 0 saturated carbocycles. The van der Waals surface area contributed by atoms with Crippen LogP contribution in [0, 0.1) is 0 Å². The first-order valence-corrected chi connectivity index (χ1v) is 6.49. The van der Waals surface area contributed by atoms with Crippen LogP contribution in [0.2, 0.25) is 5.02 Å². The standard InChI is InChI=1S/C13H13ClN2O5/c1-20-12(18)8-2-3-10(9(14)6-8)21-7-11(17)16-5-4-15-13(16)19/h2-3,6H,4-5,7H2,1H3,(H,15,19). The lowest BCUT2D eigenvalue weighted by atomic mass is 10.2. The van der Waals surface area contributed by atoms with Crippen molar-refractivity contribution >= 4 is 29.5 Å². The average molecular weight is 313 g/mol. The Balaban J connectivity index is 1.98. The molecule has 1 aromatic rings. The molecule has 1 aliphatic rings. The van der Waals surface area contributed by atoms with Gasteiger partial charge in [-0.2, -0.15) is 0 Å². The lowest BCUT2D eigenvalue weighted by molar-refractivity contribution is -0.129. The summed E-state index contributed by atoms with van der Waals surface area (Å²) in [5, 5.41) is 2.70. The van der Waals surface area contributed by atoms with E-state index in [1.807, 2.05) is 0 Å². The van der Waals surface area contributed by atoms with Gasteiger partial charge in [0.15, 0.2) is 6.61 Å². The number of nitrogens with one attached hydrogen (secondary N) is 1. The Morgan fingerprint density at radius 2 is 2.19 bits per heavy atom. The topological polar surface area (TPSA) is 84.9 Å². The normalized spacial score (nSPS) is 13.8. The summed E-state index contributed by atoms with van der Waals surface area (Å²) in [4.78, 5) is 35.5. The lowest BCUT2D eigenvalue weighted by Crippen LogP contribution is -2.37. The van der Waals surface area contributed by atoms with E-state index in [-0.39, 0.29) is 22.9 Å². The van der Waals surface area contributed by atoms with Crippen molar-refractivity contribution in [2.75, 3.05) is 26.8 Å². The highest BCUT2D eigenvalue weighted by Crippen LogP contribution is 2.25. The number of urea groups is 1. The maximum Gasteiger partial charge on any atom is 0.337 e. The highest BCUT2D eigenvalue weighted by molar-refractivity contribution is 6.32. The molecule has 0 unspecified atom stereocenters. The first kappa shape index (κ1) is 15.1. The lowest BCUT2D eigenvalue weighted by Gasteiger charge is -2.13. The molecule has 0 atom stereocenters. The molecule has 7 nitrogen and oxygen atoms in total. The van der Waals surface area contributed by atoms with Gasteiger partial charge in [0.2, 0.25) is 0 Å². The van der Waals surface area contributed by atoms with Crippen molar-refractivity contribution < 1.29 is 23.9 Å². The molecule has 0 radical (unpaired) electrons. The molecular weight excluding hydrogens is 300 g/mol. The van der Waals surface area contributed by atoms with E-state index >= 15 is 0 Å². The zero-order valence-corrected chi connectivity index (χ0v) is 12.0. The van der Waals surface area contributed by atoms with Gasteiger partial charge in [-0.3, -0.25) is 9.69 Å². The maximum absolute atomic E-state index is 11.8. The van der Waals surface area contributed by atoms with Crippen LogP contribution in [-0.2, 0) is 9.53 Å². The quantitative estimate of drug-likeness (QED) is 0.840. The number of esters is 1. The second-order valence-corrected chi connectivity index (χ2v) is 4.61. The Kier molecular flexibility index (Phi) is 4.64. The van der Waals surface area contributed by atoms with Gasteiger partial charge < -0.3 is 14.8 Å². The van der Waals surface area contributed by atoms with E-state index < -0.39 is 17.9 Å². The smallest absolute Gasteiger partial charge is 0.337 e.